The topological polar surface area (TPSA) is 41.9 Å². The molecule has 0 bridgehead atoms. The first-order valence-electron chi connectivity index (χ1n) is 6.23. The van der Waals surface area contributed by atoms with Gasteiger partial charge in [-0.25, -0.2) is 0 Å². The molecule has 0 atom stereocenters. The molecule has 0 spiro atoms. The number of nitrogens with zero attached hydrogens (tertiary/aromatic N) is 2. The molecule has 0 aliphatic carbocycles. The van der Waals surface area contributed by atoms with Crippen LogP contribution in [0.2, 0.25) is 0 Å². The average Bonchev–Trinajstić information content (AvgIpc) is 2.72. The van der Waals surface area contributed by atoms with E-state index in [4.69, 9.17) is 0 Å². The number of piperidine rings is 1. The van der Waals surface area contributed by atoms with Crippen LogP contribution in [0.15, 0.2) is 12.4 Å². The van der Waals surface area contributed by atoms with Gasteiger partial charge in [0.1, 0.15) is 0 Å². The van der Waals surface area contributed by atoms with Crippen molar-refractivity contribution in [3.05, 3.63) is 18.0 Å². The predicted molar refractivity (Wildman–Crippen MR) is 65.4 cm³/mol. The molecule has 0 unspecified atom stereocenters. The normalized spacial score (nSPS) is 17.8. The molecular weight excluding hydrogens is 200 g/mol. The molecular formula is C12H22N4. The van der Waals surface area contributed by atoms with Crippen LogP contribution in [-0.2, 0) is 13.5 Å². The standard InChI is InChI=1S/C12H22N4/c1-16-10-12(9-15-16)4-7-14-8-11-2-5-13-6-3-11/h9-11,13-14H,2-8H2,1H3. The van der Waals surface area contributed by atoms with Gasteiger partial charge in [0.15, 0.2) is 0 Å². The quantitative estimate of drug-likeness (QED) is 0.715. The molecule has 0 saturated carbocycles. The Bertz CT molecular complexity index is 302. The smallest absolute Gasteiger partial charge is 0.0522 e. The van der Waals surface area contributed by atoms with E-state index in [1.807, 2.05) is 17.9 Å². The van der Waals surface area contributed by atoms with Crippen molar-refractivity contribution in [1.29, 1.82) is 0 Å². The van der Waals surface area contributed by atoms with Crippen molar-refractivity contribution in [1.82, 2.24) is 20.4 Å². The summed E-state index contributed by atoms with van der Waals surface area (Å²) in [6, 6.07) is 0. The van der Waals surface area contributed by atoms with Gasteiger partial charge in [0.25, 0.3) is 0 Å². The van der Waals surface area contributed by atoms with E-state index in [1.165, 1.54) is 38.0 Å². The molecule has 0 radical (unpaired) electrons. The molecule has 1 saturated heterocycles. The van der Waals surface area contributed by atoms with Gasteiger partial charge in [-0.05, 0) is 56.9 Å². The molecule has 1 fully saturated rings. The van der Waals surface area contributed by atoms with Crippen molar-refractivity contribution in [2.45, 2.75) is 19.3 Å². The van der Waals surface area contributed by atoms with Crippen LogP contribution in [0.1, 0.15) is 18.4 Å². The summed E-state index contributed by atoms with van der Waals surface area (Å²) in [6.07, 6.45) is 7.76. The molecule has 1 aliphatic heterocycles. The van der Waals surface area contributed by atoms with E-state index >= 15 is 0 Å². The van der Waals surface area contributed by atoms with Crippen LogP contribution in [0.5, 0.6) is 0 Å². The zero-order valence-corrected chi connectivity index (χ0v) is 10.1. The highest BCUT2D eigenvalue weighted by Gasteiger charge is 2.11. The summed E-state index contributed by atoms with van der Waals surface area (Å²) < 4.78 is 1.86. The summed E-state index contributed by atoms with van der Waals surface area (Å²) in [5, 5.41) is 11.1. The Morgan fingerprint density at radius 3 is 3.00 bits per heavy atom. The van der Waals surface area contributed by atoms with Crippen molar-refractivity contribution >= 4 is 0 Å². The first-order chi connectivity index (χ1) is 7.84. The van der Waals surface area contributed by atoms with Crippen LogP contribution in [0.25, 0.3) is 0 Å². The third kappa shape index (κ3) is 3.61. The lowest BCUT2D eigenvalue weighted by Gasteiger charge is -2.22. The fourth-order valence-corrected chi connectivity index (χ4v) is 2.23. The minimum absolute atomic E-state index is 0.871. The van der Waals surface area contributed by atoms with E-state index in [1.54, 1.807) is 0 Å². The van der Waals surface area contributed by atoms with Gasteiger partial charge in [0, 0.05) is 13.2 Å². The minimum Gasteiger partial charge on any atom is -0.317 e. The van der Waals surface area contributed by atoms with Gasteiger partial charge in [-0.3, -0.25) is 4.68 Å². The van der Waals surface area contributed by atoms with Crippen molar-refractivity contribution in [2.24, 2.45) is 13.0 Å². The Balaban J connectivity index is 1.57. The van der Waals surface area contributed by atoms with Crippen molar-refractivity contribution < 1.29 is 0 Å². The first kappa shape index (κ1) is 11.6. The summed E-state index contributed by atoms with van der Waals surface area (Å²) in [5.74, 6) is 0.871. The molecule has 90 valence electrons. The Labute approximate surface area is 97.4 Å². The van der Waals surface area contributed by atoms with Gasteiger partial charge in [0.2, 0.25) is 0 Å². The van der Waals surface area contributed by atoms with Crippen molar-refractivity contribution in [2.75, 3.05) is 26.2 Å². The summed E-state index contributed by atoms with van der Waals surface area (Å²) in [4.78, 5) is 0. The highest BCUT2D eigenvalue weighted by Crippen LogP contribution is 2.09. The SMILES string of the molecule is Cn1cc(CCNCC2CCNCC2)cn1. The number of rotatable bonds is 5. The minimum atomic E-state index is 0.871. The van der Waals surface area contributed by atoms with E-state index in [0.717, 1.165) is 18.9 Å². The molecule has 4 heteroatoms. The molecule has 2 N–H and O–H groups in total. The third-order valence-corrected chi connectivity index (χ3v) is 3.24. The van der Waals surface area contributed by atoms with Crippen LogP contribution >= 0.6 is 0 Å². The van der Waals surface area contributed by atoms with E-state index < -0.39 is 0 Å². The zero-order valence-electron chi connectivity index (χ0n) is 10.1. The first-order valence-corrected chi connectivity index (χ1v) is 6.23. The van der Waals surface area contributed by atoms with Crippen LogP contribution in [-0.4, -0.2) is 36.0 Å². The van der Waals surface area contributed by atoms with Gasteiger partial charge in [-0.2, -0.15) is 5.10 Å². The number of aromatic nitrogens is 2. The maximum Gasteiger partial charge on any atom is 0.0522 e. The largest absolute Gasteiger partial charge is 0.317 e. The highest BCUT2D eigenvalue weighted by molar-refractivity contribution is 5.03. The van der Waals surface area contributed by atoms with Crippen LogP contribution in [0.4, 0.5) is 0 Å². The summed E-state index contributed by atoms with van der Waals surface area (Å²) in [5.41, 5.74) is 1.32. The van der Waals surface area contributed by atoms with Crippen LogP contribution < -0.4 is 10.6 Å². The zero-order chi connectivity index (χ0) is 11.2. The lowest BCUT2D eigenvalue weighted by molar-refractivity contribution is 0.358. The molecule has 0 aromatic carbocycles. The predicted octanol–water partition coefficient (Wildman–Crippen LogP) is 0.552. The van der Waals surface area contributed by atoms with Crippen LogP contribution in [0, 0.1) is 5.92 Å². The average molecular weight is 222 g/mol. The molecule has 2 rings (SSSR count). The molecule has 2 heterocycles. The van der Waals surface area contributed by atoms with Crippen molar-refractivity contribution in [3.63, 3.8) is 0 Å². The lowest BCUT2D eigenvalue weighted by Crippen LogP contribution is -2.34. The number of aryl methyl sites for hydroxylation is 1. The third-order valence-electron chi connectivity index (χ3n) is 3.24. The van der Waals surface area contributed by atoms with E-state index in [-0.39, 0.29) is 0 Å². The fourth-order valence-electron chi connectivity index (χ4n) is 2.23. The molecule has 0 amide bonds. The monoisotopic (exact) mass is 222 g/mol. The molecule has 1 aromatic rings. The van der Waals surface area contributed by atoms with E-state index in [9.17, 15) is 0 Å². The Kier molecular flexibility index (Phi) is 4.36. The van der Waals surface area contributed by atoms with Gasteiger partial charge in [-0.1, -0.05) is 0 Å². The number of hydrogen-bond donors (Lipinski definition) is 2. The fraction of sp³-hybridized carbons (Fsp3) is 0.750. The van der Waals surface area contributed by atoms with Crippen LogP contribution in [0.3, 0.4) is 0 Å². The Hall–Kier alpha value is -0.870. The van der Waals surface area contributed by atoms with E-state index in [0.29, 0.717) is 0 Å². The van der Waals surface area contributed by atoms with Gasteiger partial charge in [-0.15, -0.1) is 0 Å². The van der Waals surface area contributed by atoms with Gasteiger partial charge < -0.3 is 10.6 Å². The maximum atomic E-state index is 4.17. The molecule has 1 aromatic heterocycles. The Morgan fingerprint density at radius 1 is 1.50 bits per heavy atom. The number of hydrogen-bond acceptors (Lipinski definition) is 3. The molecule has 16 heavy (non-hydrogen) atoms. The second-order valence-corrected chi connectivity index (χ2v) is 4.67. The van der Waals surface area contributed by atoms with Crippen molar-refractivity contribution in [3.8, 4) is 0 Å². The summed E-state index contributed by atoms with van der Waals surface area (Å²) in [7, 11) is 1.96. The molecule has 4 nitrogen and oxygen atoms in total. The van der Waals surface area contributed by atoms with Gasteiger partial charge in [0.05, 0.1) is 6.20 Å². The molecule has 1 aliphatic rings. The van der Waals surface area contributed by atoms with Gasteiger partial charge >= 0.3 is 0 Å². The Morgan fingerprint density at radius 2 is 2.31 bits per heavy atom. The summed E-state index contributed by atoms with van der Waals surface area (Å²) in [6.45, 7) is 4.61. The van der Waals surface area contributed by atoms with E-state index in [2.05, 4.69) is 21.9 Å². The summed E-state index contributed by atoms with van der Waals surface area (Å²) >= 11 is 0. The maximum absolute atomic E-state index is 4.17. The second kappa shape index (κ2) is 6.01. The second-order valence-electron chi connectivity index (χ2n) is 4.67. The highest BCUT2D eigenvalue weighted by atomic mass is 15.2. The lowest BCUT2D eigenvalue weighted by atomic mass is 9.98. The number of nitrogens with one attached hydrogen (secondary N) is 2.